The van der Waals surface area contributed by atoms with Crippen molar-refractivity contribution >= 4 is 11.8 Å². The van der Waals surface area contributed by atoms with Gasteiger partial charge in [-0.25, -0.2) is 0 Å². The number of amides is 1. The lowest BCUT2D eigenvalue weighted by atomic mass is 9.91. The quantitative estimate of drug-likeness (QED) is 0.224. The molecule has 0 unspecified atom stereocenters. The SMILES string of the molecule is CCOC(=N)c1ccc(Oc2cc(OCc3ccc(CN)cc3)cc(C(=O)NC3CCC(N)CC3)c2)cc1. The number of carbonyl (C=O) groups excluding carboxylic acids is 1. The number of benzene rings is 3. The van der Waals surface area contributed by atoms with Gasteiger partial charge in [0.25, 0.3) is 5.91 Å². The monoisotopic (exact) mass is 516 g/mol. The van der Waals surface area contributed by atoms with Crippen LogP contribution in [0.3, 0.4) is 0 Å². The van der Waals surface area contributed by atoms with E-state index in [0.29, 0.717) is 48.1 Å². The van der Waals surface area contributed by atoms with Crippen LogP contribution in [0.5, 0.6) is 17.2 Å². The van der Waals surface area contributed by atoms with Gasteiger partial charge in [0.2, 0.25) is 5.90 Å². The third kappa shape index (κ3) is 7.57. The smallest absolute Gasteiger partial charge is 0.251 e. The van der Waals surface area contributed by atoms with E-state index in [1.807, 2.05) is 31.2 Å². The summed E-state index contributed by atoms with van der Waals surface area (Å²) in [6.07, 6.45) is 3.55. The fourth-order valence-corrected chi connectivity index (χ4v) is 4.35. The Bertz CT molecular complexity index is 1220. The van der Waals surface area contributed by atoms with Crippen molar-refractivity contribution < 1.29 is 19.0 Å². The summed E-state index contributed by atoms with van der Waals surface area (Å²) in [5, 5.41) is 11.1. The zero-order valence-electron chi connectivity index (χ0n) is 21.7. The lowest BCUT2D eigenvalue weighted by molar-refractivity contribution is 0.0925. The standard InChI is InChI=1S/C30H36N4O4/c1-2-36-29(33)22-7-13-26(14-8-22)38-28-16-23(30(35)34-25-11-9-24(32)10-12-25)15-27(17-28)37-19-21-5-3-20(18-31)4-6-21/h3-8,13-17,24-25,33H,2,9-12,18-19,31-32H2,1H3,(H,34,35). The first-order valence-electron chi connectivity index (χ1n) is 13.1. The van der Waals surface area contributed by atoms with Crippen molar-refractivity contribution in [1.82, 2.24) is 5.32 Å². The van der Waals surface area contributed by atoms with E-state index in [1.165, 1.54) is 0 Å². The van der Waals surface area contributed by atoms with E-state index in [2.05, 4.69) is 5.32 Å². The molecule has 1 aliphatic rings. The second kappa shape index (κ2) is 13.1. The molecule has 8 heteroatoms. The van der Waals surface area contributed by atoms with E-state index in [4.69, 9.17) is 31.1 Å². The van der Waals surface area contributed by atoms with Crippen molar-refractivity contribution in [2.75, 3.05) is 6.61 Å². The summed E-state index contributed by atoms with van der Waals surface area (Å²) in [7, 11) is 0. The third-order valence-electron chi connectivity index (χ3n) is 6.55. The Balaban J connectivity index is 1.52. The largest absolute Gasteiger partial charge is 0.489 e. The van der Waals surface area contributed by atoms with Crippen molar-refractivity contribution in [2.24, 2.45) is 11.5 Å². The molecule has 3 aromatic carbocycles. The Morgan fingerprint density at radius 1 is 0.895 bits per heavy atom. The summed E-state index contributed by atoms with van der Waals surface area (Å²) < 4.78 is 17.4. The van der Waals surface area contributed by atoms with Gasteiger partial charge in [0.05, 0.1) is 6.61 Å². The molecule has 0 heterocycles. The van der Waals surface area contributed by atoms with E-state index >= 15 is 0 Å². The highest BCUT2D eigenvalue weighted by Gasteiger charge is 2.21. The van der Waals surface area contributed by atoms with Gasteiger partial charge < -0.3 is 31.0 Å². The van der Waals surface area contributed by atoms with Crippen molar-refractivity contribution in [3.8, 4) is 17.2 Å². The van der Waals surface area contributed by atoms with Crippen LogP contribution in [0, 0.1) is 5.41 Å². The fraction of sp³-hybridized carbons (Fsp3) is 0.333. The Morgan fingerprint density at radius 2 is 1.55 bits per heavy atom. The van der Waals surface area contributed by atoms with Gasteiger partial charge in [0.15, 0.2) is 0 Å². The van der Waals surface area contributed by atoms with Gasteiger partial charge in [-0.15, -0.1) is 0 Å². The van der Waals surface area contributed by atoms with Gasteiger partial charge in [-0.1, -0.05) is 24.3 Å². The molecule has 1 fully saturated rings. The second-order valence-electron chi connectivity index (χ2n) is 9.48. The van der Waals surface area contributed by atoms with Gasteiger partial charge in [-0.2, -0.15) is 0 Å². The van der Waals surface area contributed by atoms with Crippen molar-refractivity contribution in [1.29, 1.82) is 5.41 Å². The summed E-state index contributed by atoms with van der Waals surface area (Å²) >= 11 is 0. The first-order chi connectivity index (χ1) is 18.4. The highest BCUT2D eigenvalue weighted by atomic mass is 16.5. The summed E-state index contributed by atoms with van der Waals surface area (Å²) in [6.45, 7) is 3.09. The van der Waals surface area contributed by atoms with Crippen molar-refractivity contribution in [3.63, 3.8) is 0 Å². The van der Waals surface area contributed by atoms with E-state index < -0.39 is 0 Å². The average molecular weight is 517 g/mol. The molecule has 0 aromatic heterocycles. The molecular weight excluding hydrogens is 480 g/mol. The Morgan fingerprint density at radius 3 is 2.21 bits per heavy atom. The van der Waals surface area contributed by atoms with Gasteiger partial charge in [-0.05, 0) is 80.1 Å². The number of nitrogens with one attached hydrogen (secondary N) is 2. The molecule has 1 saturated carbocycles. The predicted octanol–water partition coefficient (Wildman–Crippen LogP) is 4.88. The molecule has 1 aliphatic carbocycles. The zero-order valence-corrected chi connectivity index (χ0v) is 21.7. The highest BCUT2D eigenvalue weighted by Crippen LogP contribution is 2.29. The molecule has 4 rings (SSSR count). The fourth-order valence-electron chi connectivity index (χ4n) is 4.35. The van der Waals surface area contributed by atoms with Crippen molar-refractivity contribution in [3.05, 3.63) is 89.0 Å². The first-order valence-corrected chi connectivity index (χ1v) is 13.1. The molecule has 0 atom stereocenters. The highest BCUT2D eigenvalue weighted by molar-refractivity contribution is 5.95. The van der Waals surface area contributed by atoms with E-state index in [-0.39, 0.29) is 23.9 Å². The number of nitrogens with two attached hydrogens (primary N) is 2. The first kappa shape index (κ1) is 27.2. The van der Waals surface area contributed by atoms with Gasteiger partial charge in [0, 0.05) is 35.8 Å². The van der Waals surface area contributed by atoms with Crippen LogP contribution < -0.4 is 26.3 Å². The predicted molar refractivity (Wildman–Crippen MR) is 148 cm³/mol. The van der Waals surface area contributed by atoms with Crippen LogP contribution in [0.15, 0.2) is 66.7 Å². The lowest BCUT2D eigenvalue weighted by Crippen LogP contribution is -2.40. The molecule has 0 aliphatic heterocycles. The molecule has 6 N–H and O–H groups in total. The lowest BCUT2D eigenvalue weighted by Gasteiger charge is -2.26. The topological polar surface area (TPSA) is 133 Å². The molecule has 0 spiro atoms. The Kier molecular flexibility index (Phi) is 9.35. The van der Waals surface area contributed by atoms with Crippen LogP contribution in [-0.2, 0) is 17.9 Å². The summed E-state index contributed by atoms with van der Waals surface area (Å²) in [6, 6.07) is 20.5. The minimum Gasteiger partial charge on any atom is -0.489 e. The summed E-state index contributed by atoms with van der Waals surface area (Å²) in [4.78, 5) is 13.2. The summed E-state index contributed by atoms with van der Waals surface area (Å²) in [5.41, 5.74) is 14.9. The minimum absolute atomic E-state index is 0.102. The average Bonchev–Trinajstić information content (AvgIpc) is 2.94. The number of ether oxygens (including phenoxy) is 3. The molecule has 1 amide bonds. The van der Waals surface area contributed by atoms with Gasteiger partial charge in [-0.3, -0.25) is 10.2 Å². The van der Waals surface area contributed by atoms with Crippen LogP contribution >= 0.6 is 0 Å². The maximum atomic E-state index is 13.2. The Hall–Kier alpha value is -3.88. The van der Waals surface area contributed by atoms with Crippen LogP contribution in [0.1, 0.15) is 59.7 Å². The molecule has 0 saturated heterocycles. The maximum Gasteiger partial charge on any atom is 0.251 e. The summed E-state index contributed by atoms with van der Waals surface area (Å²) in [5.74, 6) is 1.51. The van der Waals surface area contributed by atoms with E-state index in [9.17, 15) is 4.79 Å². The number of carbonyl (C=O) groups is 1. The van der Waals surface area contributed by atoms with Crippen LogP contribution in [0.25, 0.3) is 0 Å². The molecule has 0 radical (unpaired) electrons. The maximum absolute atomic E-state index is 13.2. The number of hydrogen-bond acceptors (Lipinski definition) is 7. The molecule has 0 bridgehead atoms. The normalized spacial score (nSPS) is 16.9. The minimum atomic E-state index is -0.173. The molecular formula is C30H36N4O4. The molecule has 38 heavy (non-hydrogen) atoms. The van der Waals surface area contributed by atoms with Crippen LogP contribution in [0.4, 0.5) is 0 Å². The van der Waals surface area contributed by atoms with Crippen LogP contribution in [-0.4, -0.2) is 30.5 Å². The number of hydrogen-bond donors (Lipinski definition) is 4. The molecule has 8 nitrogen and oxygen atoms in total. The van der Waals surface area contributed by atoms with E-state index in [0.717, 1.165) is 36.8 Å². The third-order valence-corrected chi connectivity index (χ3v) is 6.55. The van der Waals surface area contributed by atoms with E-state index in [1.54, 1.807) is 42.5 Å². The number of rotatable bonds is 10. The zero-order chi connectivity index (χ0) is 26.9. The molecule has 3 aromatic rings. The van der Waals surface area contributed by atoms with Gasteiger partial charge in [0.1, 0.15) is 23.9 Å². The Labute approximate surface area is 223 Å². The van der Waals surface area contributed by atoms with Crippen LogP contribution in [0.2, 0.25) is 0 Å². The second-order valence-corrected chi connectivity index (χ2v) is 9.48. The van der Waals surface area contributed by atoms with Gasteiger partial charge >= 0.3 is 0 Å². The molecule has 200 valence electrons. The van der Waals surface area contributed by atoms with Crippen molar-refractivity contribution in [2.45, 2.75) is 57.8 Å².